The number of rotatable bonds is 5. The van der Waals surface area contributed by atoms with Crippen molar-refractivity contribution in [1.29, 1.82) is 0 Å². The third-order valence-corrected chi connectivity index (χ3v) is 4.42. The maximum atomic E-state index is 12.3. The predicted octanol–water partition coefficient (Wildman–Crippen LogP) is 2.81. The molecular weight excluding hydrogens is 306 g/mol. The van der Waals surface area contributed by atoms with E-state index < -0.39 is 0 Å². The molecule has 2 heterocycles. The van der Waals surface area contributed by atoms with Crippen LogP contribution in [0.1, 0.15) is 24.3 Å². The topological polar surface area (TPSA) is 59.5 Å². The predicted molar refractivity (Wildman–Crippen MR) is 88.2 cm³/mol. The van der Waals surface area contributed by atoms with Gasteiger partial charge in [0.05, 0.1) is 6.54 Å². The summed E-state index contributed by atoms with van der Waals surface area (Å²) in [5.41, 5.74) is -0.122. The Balaban J connectivity index is 2.45. The molecule has 0 saturated carbocycles. The Morgan fingerprint density at radius 2 is 2.10 bits per heavy atom. The minimum atomic E-state index is -0.306. The van der Waals surface area contributed by atoms with Crippen molar-refractivity contribution in [2.24, 2.45) is 4.99 Å². The lowest BCUT2D eigenvalue weighted by Crippen LogP contribution is -2.28. The summed E-state index contributed by atoms with van der Waals surface area (Å²) >= 11 is 6.83. The average Bonchev–Trinajstić information content (AvgIpc) is 2.97. The molecule has 1 N–H and O–H groups in total. The van der Waals surface area contributed by atoms with Crippen LogP contribution in [0.3, 0.4) is 0 Å². The molecule has 0 spiro atoms. The molecule has 0 aromatic carbocycles. The van der Waals surface area contributed by atoms with Crippen LogP contribution in [0.15, 0.2) is 27.3 Å². The molecule has 0 bridgehead atoms. The number of aliphatic imine (C=N–C) groups is 1. The molecule has 0 unspecified atom stereocenters. The molecule has 7 heteroatoms. The Morgan fingerprint density at radius 1 is 1.38 bits per heavy atom. The first-order chi connectivity index (χ1) is 10.1. The second-order valence-electron chi connectivity index (χ2n) is 4.36. The molecule has 0 aliphatic carbocycles. The van der Waals surface area contributed by atoms with Crippen molar-refractivity contribution in [3.05, 3.63) is 43.1 Å². The molecule has 112 valence electrons. The van der Waals surface area contributed by atoms with Crippen LogP contribution >= 0.6 is 23.6 Å². The van der Waals surface area contributed by atoms with Gasteiger partial charge < -0.3 is 5.11 Å². The zero-order valence-electron chi connectivity index (χ0n) is 11.9. The number of thiophene rings is 1. The molecule has 0 saturated heterocycles. The second kappa shape index (κ2) is 6.82. The van der Waals surface area contributed by atoms with Crippen LogP contribution in [0, 0.1) is 4.77 Å². The summed E-state index contributed by atoms with van der Waals surface area (Å²) in [5.74, 6) is -0.118. The summed E-state index contributed by atoms with van der Waals surface area (Å²) in [7, 11) is 0. The van der Waals surface area contributed by atoms with Crippen LogP contribution in [0.5, 0.6) is 5.88 Å². The van der Waals surface area contributed by atoms with Gasteiger partial charge in [-0.05, 0) is 37.5 Å². The summed E-state index contributed by atoms with van der Waals surface area (Å²) in [6.07, 6.45) is 1.44. The summed E-state index contributed by atoms with van der Waals surface area (Å²) in [6.45, 7) is 5.16. The van der Waals surface area contributed by atoms with Crippen molar-refractivity contribution >= 4 is 29.8 Å². The van der Waals surface area contributed by atoms with E-state index in [1.807, 2.05) is 31.4 Å². The monoisotopic (exact) mass is 323 g/mol. The molecule has 2 aromatic heterocycles. The zero-order chi connectivity index (χ0) is 15.4. The molecule has 2 rings (SSSR count). The minimum Gasteiger partial charge on any atom is -0.494 e. The van der Waals surface area contributed by atoms with Crippen LogP contribution in [0.2, 0.25) is 0 Å². The van der Waals surface area contributed by atoms with E-state index in [4.69, 9.17) is 12.2 Å². The highest BCUT2D eigenvalue weighted by Gasteiger charge is 2.13. The number of hydrogen-bond donors (Lipinski definition) is 1. The van der Waals surface area contributed by atoms with E-state index in [9.17, 15) is 9.90 Å². The Bertz CT molecular complexity index is 758. The van der Waals surface area contributed by atoms with E-state index in [1.165, 1.54) is 15.3 Å². The number of aromatic hydroxyl groups is 1. The third kappa shape index (κ3) is 3.14. The molecule has 0 fully saturated rings. The fourth-order valence-electron chi connectivity index (χ4n) is 2.02. The van der Waals surface area contributed by atoms with Gasteiger partial charge in [0.15, 0.2) is 4.77 Å². The molecule has 0 amide bonds. The van der Waals surface area contributed by atoms with Crippen molar-refractivity contribution in [3.63, 3.8) is 0 Å². The van der Waals surface area contributed by atoms with Gasteiger partial charge >= 0.3 is 0 Å². The van der Waals surface area contributed by atoms with Crippen LogP contribution in [0.25, 0.3) is 0 Å². The van der Waals surface area contributed by atoms with E-state index in [-0.39, 0.29) is 17.0 Å². The highest BCUT2D eigenvalue weighted by Crippen LogP contribution is 2.14. The van der Waals surface area contributed by atoms with E-state index in [1.54, 1.807) is 11.3 Å². The van der Waals surface area contributed by atoms with Crippen molar-refractivity contribution in [3.8, 4) is 5.88 Å². The molecular formula is C14H17N3O2S2. The summed E-state index contributed by atoms with van der Waals surface area (Å²) in [6, 6.07) is 3.93. The summed E-state index contributed by atoms with van der Waals surface area (Å²) in [5, 5.41) is 12.2. The van der Waals surface area contributed by atoms with E-state index in [2.05, 4.69) is 4.99 Å². The number of aromatic nitrogens is 2. The highest BCUT2D eigenvalue weighted by atomic mass is 32.1. The first-order valence-electron chi connectivity index (χ1n) is 6.68. The molecule has 0 aliphatic rings. The first kappa shape index (κ1) is 15.7. The van der Waals surface area contributed by atoms with Crippen LogP contribution in [-0.4, -0.2) is 20.5 Å². The standard InChI is InChI=1S/C14H17N3O2S2/c1-3-16-12(18)11(13(19)17(4-2)14(16)20)9-15-8-10-6-5-7-21-10/h5-7,9,18H,3-4,8H2,1-2H3. The highest BCUT2D eigenvalue weighted by molar-refractivity contribution is 7.71. The Hall–Kier alpha value is -1.73. The summed E-state index contributed by atoms with van der Waals surface area (Å²) in [4.78, 5) is 17.7. The maximum absolute atomic E-state index is 12.3. The molecule has 0 atom stereocenters. The van der Waals surface area contributed by atoms with E-state index >= 15 is 0 Å². The van der Waals surface area contributed by atoms with Crippen molar-refractivity contribution in [2.75, 3.05) is 0 Å². The average molecular weight is 323 g/mol. The van der Waals surface area contributed by atoms with Gasteiger partial charge in [-0.25, -0.2) is 0 Å². The van der Waals surface area contributed by atoms with Gasteiger partial charge in [-0.15, -0.1) is 11.3 Å². The van der Waals surface area contributed by atoms with Gasteiger partial charge in [-0.2, -0.15) is 0 Å². The van der Waals surface area contributed by atoms with Crippen molar-refractivity contribution in [2.45, 2.75) is 33.5 Å². The lowest BCUT2D eigenvalue weighted by atomic mass is 10.3. The van der Waals surface area contributed by atoms with Gasteiger partial charge in [0.2, 0.25) is 5.88 Å². The summed E-state index contributed by atoms with van der Waals surface area (Å²) < 4.78 is 3.33. The Labute approximate surface area is 131 Å². The fraction of sp³-hybridized carbons (Fsp3) is 0.357. The zero-order valence-corrected chi connectivity index (χ0v) is 13.6. The fourth-order valence-corrected chi connectivity index (χ4v) is 3.08. The van der Waals surface area contributed by atoms with Crippen molar-refractivity contribution < 1.29 is 5.11 Å². The van der Waals surface area contributed by atoms with Gasteiger partial charge in [0, 0.05) is 24.2 Å². The first-order valence-corrected chi connectivity index (χ1v) is 7.97. The lowest BCUT2D eigenvalue weighted by Gasteiger charge is -2.13. The van der Waals surface area contributed by atoms with Crippen LogP contribution in [0.4, 0.5) is 0 Å². The third-order valence-electron chi connectivity index (χ3n) is 3.11. The van der Waals surface area contributed by atoms with Gasteiger partial charge in [0.25, 0.3) is 5.56 Å². The van der Waals surface area contributed by atoms with Crippen LogP contribution < -0.4 is 5.56 Å². The maximum Gasteiger partial charge on any atom is 0.267 e. The molecule has 2 aromatic rings. The largest absolute Gasteiger partial charge is 0.494 e. The van der Waals surface area contributed by atoms with Crippen LogP contribution in [-0.2, 0) is 19.6 Å². The normalized spacial score (nSPS) is 11.3. The smallest absolute Gasteiger partial charge is 0.267 e. The van der Waals surface area contributed by atoms with Crippen molar-refractivity contribution in [1.82, 2.24) is 9.13 Å². The molecule has 21 heavy (non-hydrogen) atoms. The van der Waals surface area contributed by atoms with Gasteiger partial charge in [-0.1, -0.05) is 6.07 Å². The molecule has 0 radical (unpaired) electrons. The van der Waals surface area contributed by atoms with E-state index in [0.717, 1.165) is 4.88 Å². The second-order valence-corrected chi connectivity index (χ2v) is 5.76. The van der Waals surface area contributed by atoms with Gasteiger partial charge in [-0.3, -0.25) is 18.9 Å². The van der Waals surface area contributed by atoms with E-state index in [0.29, 0.717) is 24.4 Å². The lowest BCUT2D eigenvalue weighted by molar-refractivity contribution is 0.399. The SMILES string of the molecule is CCn1c(O)c(C=NCc2cccs2)c(=O)n(CC)c1=S. The molecule has 5 nitrogen and oxygen atoms in total. The quantitative estimate of drug-likeness (QED) is 0.680. The Kier molecular flexibility index (Phi) is 5.08. The molecule has 0 aliphatic heterocycles. The number of hydrogen-bond acceptors (Lipinski definition) is 5. The minimum absolute atomic E-state index is 0.118. The van der Waals surface area contributed by atoms with Gasteiger partial charge in [0.1, 0.15) is 5.56 Å². The number of nitrogens with zero attached hydrogens (tertiary/aromatic N) is 3. The Morgan fingerprint density at radius 3 is 2.67 bits per heavy atom.